The molecule has 3 rings (SSSR count). The van der Waals surface area contributed by atoms with E-state index in [9.17, 15) is 4.79 Å². The molecule has 4 heteroatoms. The number of carboxylic acids is 1. The van der Waals surface area contributed by atoms with Gasteiger partial charge in [-0.3, -0.25) is 5.10 Å². The van der Waals surface area contributed by atoms with Crippen LogP contribution in [0.15, 0.2) is 0 Å². The number of hydrogen-bond acceptors (Lipinski definition) is 2. The number of aromatic nitrogens is 2. The maximum absolute atomic E-state index is 11.1. The van der Waals surface area contributed by atoms with Crippen molar-refractivity contribution in [2.75, 3.05) is 0 Å². The Morgan fingerprint density at radius 2 is 1.93 bits per heavy atom. The van der Waals surface area contributed by atoms with Gasteiger partial charge >= 0.3 is 5.97 Å². The second-order valence-electron chi connectivity index (χ2n) is 4.25. The SMILES string of the molecule is O=C(O)c1c(C2CC2)n[nH]c1C1CC1. The maximum Gasteiger partial charge on any atom is 0.339 e. The van der Waals surface area contributed by atoms with Crippen LogP contribution in [-0.4, -0.2) is 21.3 Å². The second-order valence-corrected chi connectivity index (χ2v) is 4.25. The van der Waals surface area contributed by atoms with E-state index in [4.69, 9.17) is 5.11 Å². The normalized spacial score (nSPS) is 21.1. The van der Waals surface area contributed by atoms with Crippen LogP contribution in [0, 0.1) is 0 Å². The predicted octanol–water partition coefficient (Wildman–Crippen LogP) is 1.86. The number of carboxylic acid groups (broad SMARTS) is 1. The Hall–Kier alpha value is -1.32. The molecule has 0 amide bonds. The highest BCUT2D eigenvalue weighted by Crippen LogP contribution is 2.46. The quantitative estimate of drug-likeness (QED) is 0.768. The van der Waals surface area contributed by atoms with Gasteiger partial charge in [0.1, 0.15) is 5.56 Å². The van der Waals surface area contributed by atoms with E-state index >= 15 is 0 Å². The summed E-state index contributed by atoms with van der Waals surface area (Å²) in [4.78, 5) is 11.1. The summed E-state index contributed by atoms with van der Waals surface area (Å²) in [5.41, 5.74) is 2.12. The molecule has 0 atom stereocenters. The first-order valence-corrected chi connectivity index (χ1v) is 5.09. The lowest BCUT2D eigenvalue weighted by Crippen LogP contribution is -2.02. The minimum atomic E-state index is -0.817. The van der Waals surface area contributed by atoms with Gasteiger partial charge in [0.2, 0.25) is 0 Å². The molecule has 14 heavy (non-hydrogen) atoms. The van der Waals surface area contributed by atoms with Gasteiger partial charge in [0.05, 0.1) is 11.4 Å². The highest BCUT2D eigenvalue weighted by atomic mass is 16.4. The molecule has 0 aliphatic heterocycles. The van der Waals surface area contributed by atoms with Gasteiger partial charge in [-0.15, -0.1) is 0 Å². The van der Waals surface area contributed by atoms with Gasteiger partial charge in [-0.1, -0.05) is 0 Å². The van der Waals surface area contributed by atoms with Gasteiger partial charge in [0, 0.05) is 11.8 Å². The summed E-state index contributed by atoms with van der Waals surface area (Å²) in [5.74, 6) is 0.0218. The van der Waals surface area contributed by atoms with Gasteiger partial charge < -0.3 is 5.11 Å². The first-order chi connectivity index (χ1) is 6.77. The number of aromatic carboxylic acids is 1. The Kier molecular flexibility index (Phi) is 1.48. The van der Waals surface area contributed by atoms with E-state index in [1.807, 2.05) is 0 Å². The minimum absolute atomic E-state index is 0.407. The zero-order valence-electron chi connectivity index (χ0n) is 7.79. The average Bonchev–Trinajstić information content (AvgIpc) is 3.03. The van der Waals surface area contributed by atoms with E-state index in [1.165, 1.54) is 0 Å². The standard InChI is InChI=1S/C10H12N2O2/c13-10(14)7-8(5-1-2-5)11-12-9(7)6-3-4-6/h5-6H,1-4H2,(H,11,12)(H,13,14). The molecule has 2 aliphatic carbocycles. The van der Waals surface area contributed by atoms with Crippen molar-refractivity contribution in [2.45, 2.75) is 37.5 Å². The van der Waals surface area contributed by atoms with Crippen molar-refractivity contribution >= 4 is 5.97 Å². The topological polar surface area (TPSA) is 66.0 Å². The van der Waals surface area contributed by atoms with Crippen molar-refractivity contribution in [1.29, 1.82) is 0 Å². The van der Waals surface area contributed by atoms with Crippen molar-refractivity contribution in [3.8, 4) is 0 Å². The van der Waals surface area contributed by atoms with E-state index in [-0.39, 0.29) is 0 Å². The zero-order chi connectivity index (χ0) is 9.71. The average molecular weight is 192 g/mol. The molecular weight excluding hydrogens is 180 g/mol. The van der Waals surface area contributed by atoms with E-state index in [2.05, 4.69) is 10.2 Å². The predicted molar refractivity (Wildman–Crippen MR) is 49.5 cm³/mol. The van der Waals surface area contributed by atoms with E-state index in [0.717, 1.165) is 37.1 Å². The molecule has 74 valence electrons. The number of rotatable bonds is 3. The highest BCUT2D eigenvalue weighted by molar-refractivity contribution is 5.91. The fourth-order valence-electron chi connectivity index (χ4n) is 1.91. The first-order valence-electron chi connectivity index (χ1n) is 5.09. The number of aromatic amines is 1. The summed E-state index contributed by atoms with van der Waals surface area (Å²) in [7, 11) is 0. The largest absolute Gasteiger partial charge is 0.478 e. The van der Waals surface area contributed by atoms with Crippen molar-refractivity contribution in [3.63, 3.8) is 0 Å². The molecule has 0 spiro atoms. The van der Waals surface area contributed by atoms with Crippen LogP contribution in [-0.2, 0) is 0 Å². The van der Waals surface area contributed by atoms with E-state index < -0.39 is 5.97 Å². The molecular formula is C10H12N2O2. The summed E-state index contributed by atoms with van der Waals surface area (Å²) >= 11 is 0. The number of carbonyl (C=O) groups is 1. The molecule has 1 aromatic heterocycles. The molecule has 2 fully saturated rings. The van der Waals surface area contributed by atoms with Crippen molar-refractivity contribution in [2.24, 2.45) is 0 Å². The van der Waals surface area contributed by atoms with Crippen LogP contribution < -0.4 is 0 Å². The van der Waals surface area contributed by atoms with Crippen molar-refractivity contribution in [1.82, 2.24) is 10.2 Å². The number of hydrogen-bond donors (Lipinski definition) is 2. The molecule has 2 saturated carbocycles. The Balaban J connectivity index is 2.06. The van der Waals surface area contributed by atoms with Gasteiger partial charge in [0.25, 0.3) is 0 Å². The third-order valence-electron chi connectivity index (χ3n) is 2.99. The lowest BCUT2D eigenvalue weighted by molar-refractivity contribution is 0.0694. The molecule has 2 N–H and O–H groups in total. The molecule has 4 nitrogen and oxygen atoms in total. The molecule has 0 unspecified atom stereocenters. The first kappa shape index (κ1) is 8.03. The smallest absolute Gasteiger partial charge is 0.339 e. The van der Waals surface area contributed by atoms with Crippen LogP contribution >= 0.6 is 0 Å². The van der Waals surface area contributed by atoms with Crippen molar-refractivity contribution in [3.05, 3.63) is 17.0 Å². The molecule has 0 radical (unpaired) electrons. The lowest BCUT2D eigenvalue weighted by atomic mass is 10.1. The number of nitrogens with one attached hydrogen (secondary N) is 1. The van der Waals surface area contributed by atoms with Crippen LogP contribution in [0.2, 0.25) is 0 Å². The second kappa shape index (κ2) is 2.59. The summed E-state index contributed by atoms with van der Waals surface area (Å²) < 4.78 is 0. The number of H-pyrrole nitrogens is 1. The molecule has 0 aromatic carbocycles. The highest BCUT2D eigenvalue weighted by Gasteiger charge is 2.37. The van der Waals surface area contributed by atoms with Crippen LogP contribution in [0.25, 0.3) is 0 Å². The number of nitrogens with zero attached hydrogens (tertiary/aromatic N) is 1. The fraction of sp³-hybridized carbons (Fsp3) is 0.600. The van der Waals surface area contributed by atoms with Crippen LogP contribution in [0.1, 0.15) is 59.3 Å². The van der Waals surface area contributed by atoms with Gasteiger partial charge in [-0.05, 0) is 25.7 Å². The molecule has 0 saturated heterocycles. The van der Waals surface area contributed by atoms with Gasteiger partial charge in [-0.25, -0.2) is 4.79 Å². The fourth-order valence-corrected chi connectivity index (χ4v) is 1.91. The van der Waals surface area contributed by atoms with Gasteiger partial charge in [-0.2, -0.15) is 5.10 Å². The van der Waals surface area contributed by atoms with Crippen molar-refractivity contribution < 1.29 is 9.90 Å². The Morgan fingerprint density at radius 3 is 2.43 bits per heavy atom. The zero-order valence-corrected chi connectivity index (χ0v) is 7.79. The van der Waals surface area contributed by atoms with E-state index in [1.54, 1.807) is 0 Å². The summed E-state index contributed by atoms with van der Waals surface area (Å²) in [6, 6.07) is 0. The summed E-state index contributed by atoms with van der Waals surface area (Å²) in [6.45, 7) is 0. The Morgan fingerprint density at radius 1 is 1.29 bits per heavy atom. The summed E-state index contributed by atoms with van der Waals surface area (Å²) in [6.07, 6.45) is 4.39. The third-order valence-corrected chi connectivity index (χ3v) is 2.99. The lowest BCUT2D eigenvalue weighted by Gasteiger charge is -1.97. The molecule has 1 heterocycles. The maximum atomic E-state index is 11.1. The van der Waals surface area contributed by atoms with Gasteiger partial charge in [0.15, 0.2) is 0 Å². The van der Waals surface area contributed by atoms with Crippen LogP contribution in [0.3, 0.4) is 0 Å². The summed E-state index contributed by atoms with van der Waals surface area (Å²) in [5, 5.41) is 16.2. The molecule has 0 bridgehead atoms. The molecule has 2 aliphatic rings. The van der Waals surface area contributed by atoms with E-state index in [0.29, 0.717) is 17.4 Å². The Bertz CT molecular complexity index is 359. The molecule has 1 aromatic rings. The Labute approximate surface area is 81.3 Å². The third kappa shape index (κ3) is 1.14. The van der Waals surface area contributed by atoms with Crippen LogP contribution in [0.5, 0.6) is 0 Å². The monoisotopic (exact) mass is 192 g/mol. The van der Waals surface area contributed by atoms with Crippen LogP contribution in [0.4, 0.5) is 0 Å². The minimum Gasteiger partial charge on any atom is -0.478 e.